The molecule has 1 fully saturated rings. The van der Waals surface area contributed by atoms with Gasteiger partial charge >= 0.3 is 0 Å². The van der Waals surface area contributed by atoms with Gasteiger partial charge in [-0.05, 0) is 36.3 Å². The first kappa shape index (κ1) is 15.1. The average Bonchev–Trinajstić information content (AvgIpc) is 2.45. The van der Waals surface area contributed by atoms with E-state index < -0.39 is 0 Å². The van der Waals surface area contributed by atoms with Crippen LogP contribution >= 0.6 is 0 Å². The van der Waals surface area contributed by atoms with Crippen molar-refractivity contribution in [2.45, 2.75) is 47.0 Å². The van der Waals surface area contributed by atoms with Gasteiger partial charge in [-0.1, -0.05) is 39.8 Å². The Morgan fingerprint density at radius 3 is 2.35 bits per heavy atom. The van der Waals surface area contributed by atoms with E-state index in [0.717, 1.165) is 30.3 Å². The van der Waals surface area contributed by atoms with Crippen LogP contribution in [0.1, 0.15) is 57.3 Å². The lowest BCUT2D eigenvalue weighted by Gasteiger charge is -2.40. The van der Waals surface area contributed by atoms with Crippen LogP contribution in [-0.2, 0) is 0 Å². The number of carbonyl (C=O) groups excluding carboxylic acids is 1. The molecule has 0 radical (unpaired) electrons. The molecule has 1 aliphatic rings. The Labute approximate surface area is 123 Å². The van der Waals surface area contributed by atoms with E-state index in [-0.39, 0.29) is 5.78 Å². The summed E-state index contributed by atoms with van der Waals surface area (Å²) in [5.74, 6) is 1.03. The van der Waals surface area contributed by atoms with Gasteiger partial charge in [-0.25, -0.2) is 0 Å². The predicted octanol–water partition coefficient (Wildman–Crippen LogP) is 4.54. The molecule has 2 nitrogen and oxygen atoms in total. The Bertz CT molecular complexity index is 465. The van der Waals surface area contributed by atoms with Crippen molar-refractivity contribution in [1.29, 1.82) is 0 Å². The molecule has 2 rings (SSSR count). The first-order valence-electron chi connectivity index (χ1n) is 7.80. The summed E-state index contributed by atoms with van der Waals surface area (Å²) >= 11 is 0. The molecule has 20 heavy (non-hydrogen) atoms. The van der Waals surface area contributed by atoms with E-state index in [1.165, 1.54) is 12.8 Å². The number of Topliss-reactive ketones (excluding diaryl/α,β-unsaturated/α-hetero) is 1. The largest absolute Gasteiger partial charge is 0.371 e. The Kier molecular flexibility index (Phi) is 4.52. The van der Waals surface area contributed by atoms with Gasteiger partial charge in [-0.2, -0.15) is 0 Å². The van der Waals surface area contributed by atoms with Crippen LogP contribution < -0.4 is 4.90 Å². The highest BCUT2D eigenvalue weighted by molar-refractivity contribution is 6.01. The molecule has 1 heterocycles. The molecule has 1 saturated heterocycles. The zero-order chi connectivity index (χ0) is 14.8. The predicted molar refractivity (Wildman–Crippen MR) is 85.5 cm³/mol. The molecule has 0 spiro atoms. The summed E-state index contributed by atoms with van der Waals surface area (Å²) in [5.41, 5.74) is 2.42. The van der Waals surface area contributed by atoms with Crippen LogP contribution in [0.2, 0.25) is 0 Å². The fraction of sp³-hybridized carbons (Fsp3) is 0.611. The Morgan fingerprint density at radius 2 is 1.80 bits per heavy atom. The second-order valence-electron chi connectivity index (χ2n) is 6.92. The summed E-state index contributed by atoms with van der Waals surface area (Å²) in [6.07, 6.45) is 3.02. The quantitative estimate of drug-likeness (QED) is 0.753. The SMILES string of the molecule is CCC(=O)c1ccccc1N1CCC(C(C)(C)C)CC1. The molecule has 1 aliphatic heterocycles. The molecule has 0 aromatic heterocycles. The summed E-state index contributed by atoms with van der Waals surface area (Å²) in [4.78, 5) is 14.5. The van der Waals surface area contributed by atoms with Gasteiger partial charge < -0.3 is 4.90 Å². The zero-order valence-electron chi connectivity index (χ0n) is 13.3. The van der Waals surface area contributed by atoms with Crippen molar-refractivity contribution in [3.05, 3.63) is 29.8 Å². The fourth-order valence-corrected chi connectivity index (χ4v) is 3.16. The lowest BCUT2D eigenvalue weighted by molar-refractivity contribution is 0.0988. The molecule has 1 aromatic carbocycles. The van der Waals surface area contributed by atoms with Crippen molar-refractivity contribution < 1.29 is 4.79 Å². The van der Waals surface area contributed by atoms with Gasteiger partial charge in [0.2, 0.25) is 0 Å². The monoisotopic (exact) mass is 273 g/mol. The van der Waals surface area contributed by atoms with Crippen LogP contribution in [-0.4, -0.2) is 18.9 Å². The average molecular weight is 273 g/mol. The second kappa shape index (κ2) is 5.99. The molecule has 0 bridgehead atoms. The standard InChI is InChI=1S/C18H27NO/c1-5-17(20)15-8-6-7-9-16(15)19-12-10-14(11-13-19)18(2,3)4/h6-9,14H,5,10-13H2,1-4H3. The number of ketones is 1. The number of benzene rings is 1. The molecule has 0 saturated carbocycles. The van der Waals surface area contributed by atoms with Crippen molar-refractivity contribution in [2.24, 2.45) is 11.3 Å². The molecule has 1 aromatic rings. The number of nitrogens with zero attached hydrogens (tertiary/aromatic N) is 1. The maximum atomic E-state index is 12.1. The number of anilines is 1. The minimum atomic E-state index is 0.249. The Balaban J connectivity index is 2.13. The van der Waals surface area contributed by atoms with Crippen LogP contribution in [0.4, 0.5) is 5.69 Å². The highest BCUT2D eigenvalue weighted by atomic mass is 16.1. The third-order valence-corrected chi connectivity index (χ3v) is 4.59. The van der Waals surface area contributed by atoms with Crippen molar-refractivity contribution in [1.82, 2.24) is 0 Å². The number of piperidine rings is 1. The van der Waals surface area contributed by atoms with Gasteiger partial charge in [-0.3, -0.25) is 4.79 Å². The van der Waals surface area contributed by atoms with E-state index in [9.17, 15) is 4.79 Å². The van der Waals surface area contributed by atoms with Gasteiger partial charge in [0.15, 0.2) is 5.78 Å². The molecule has 2 heteroatoms. The number of hydrogen-bond donors (Lipinski definition) is 0. The minimum absolute atomic E-state index is 0.249. The second-order valence-corrected chi connectivity index (χ2v) is 6.92. The minimum Gasteiger partial charge on any atom is -0.371 e. The summed E-state index contributed by atoms with van der Waals surface area (Å²) in [5, 5.41) is 0. The van der Waals surface area contributed by atoms with Crippen LogP contribution in [0, 0.1) is 11.3 Å². The number of hydrogen-bond acceptors (Lipinski definition) is 2. The lowest BCUT2D eigenvalue weighted by atomic mass is 9.75. The molecule has 0 amide bonds. The number of rotatable bonds is 3. The van der Waals surface area contributed by atoms with E-state index >= 15 is 0 Å². The molecule has 110 valence electrons. The van der Waals surface area contributed by atoms with Crippen LogP contribution in [0.5, 0.6) is 0 Å². The zero-order valence-corrected chi connectivity index (χ0v) is 13.3. The molecule has 0 atom stereocenters. The van der Waals surface area contributed by atoms with Crippen molar-refractivity contribution >= 4 is 11.5 Å². The van der Waals surface area contributed by atoms with Crippen LogP contribution in [0.15, 0.2) is 24.3 Å². The van der Waals surface area contributed by atoms with Crippen LogP contribution in [0.25, 0.3) is 0 Å². The maximum absolute atomic E-state index is 12.1. The van der Waals surface area contributed by atoms with E-state index in [4.69, 9.17) is 0 Å². The summed E-state index contributed by atoms with van der Waals surface area (Å²) in [6, 6.07) is 8.07. The van der Waals surface area contributed by atoms with Crippen molar-refractivity contribution in [3.8, 4) is 0 Å². The molecule has 0 unspecified atom stereocenters. The Hall–Kier alpha value is -1.31. The fourth-order valence-electron chi connectivity index (χ4n) is 3.16. The van der Waals surface area contributed by atoms with Gasteiger partial charge in [0.25, 0.3) is 0 Å². The third-order valence-electron chi connectivity index (χ3n) is 4.59. The van der Waals surface area contributed by atoms with Crippen molar-refractivity contribution in [2.75, 3.05) is 18.0 Å². The van der Waals surface area contributed by atoms with E-state index in [1.807, 2.05) is 25.1 Å². The number of para-hydroxylation sites is 1. The highest BCUT2D eigenvalue weighted by Gasteiger charge is 2.29. The lowest BCUT2D eigenvalue weighted by Crippen LogP contribution is -2.38. The first-order chi connectivity index (χ1) is 9.43. The smallest absolute Gasteiger partial charge is 0.164 e. The summed E-state index contributed by atoms with van der Waals surface area (Å²) < 4.78 is 0. The molecule has 0 N–H and O–H groups in total. The summed E-state index contributed by atoms with van der Waals surface area (Å²) in [6.45, 7) is 11.1. The topological polar surface area (TPSA) is 20.3 Å². The normalized spacial score (nSPS) is 17.3. The maximum Gasteiger partial charge on any atom is 0.164 e. The van der Waals surface area contributed by atoms with E-state index in [0.29, 0.717) is 11.8 Å². The molecule has 0 aliphatic carbocycles. The van der Waals surface area contributed by atoms with Crippen LogP contribution in [0.3, 0.4) is 0 Å². The van der Waals surface area contributed by atoms with Gasteiger partial charge in [0, 0.05) is 30.8 Å². The van der Waals surface area contributed by atoms with Crippen molar-refractivity contribution in [3.63, 3.8) is 0 Å². The van der Waals surface area contributed by atoms with Gasteiger partial charge in [-0.15, -0.1) is 0 Å². The van der Waals surface area contributed by atoms with Gasteiger partial charge in [0.05, 0.1) is 0 Å². The van der Waals surface area contributed by atoms with E-state index in [1.54, 1.807) is 0 Å². The molecular weight excluding hydrogens is 246 g/mol. The van der Waals surface area contributed by atoms with Gasteiger partial charge in [0.1, 0.15) is 0 Å². The first-order valence-corrected chi connectivity index (χ1v) is 7.80. The number of carbonyl (C=O) groups is 1. The third kappa shape index (κ3) is 3.23. The highest BCUT2D eigenvalue weighted by Crippen LogP contribution is 2.36. The summed E-state index contributed by atoms with van der Waals surface area (Å²) in [7, 11) is 0. The Morgan fingerprint density at radius 1 is 1.20 bits per heavy atom. The molecular formula is C18H27NO. The van der Waals surface area contributed by atoms with E-state index in [2.05, 4.69) is 31.7 Å².